The van der Waals surface area contributed by atoms with Crippen LogP contribution in [0.15, 0.2) is 18.2 Å². The van der Waals surface area contributed by atoms with Crippen molar-refractivity contribution in [2.45, 2.75) is 32.1 Å². The van der Waals surface area contributed by atoms with E-state index in [0.29, 0.717) is 20.7 Å². The van der Waals surface area contributed by atoms with Crippen molar-refractivity contribution < 1.29 is 18.7 Å². The number of esters is 1. The van der Waals surface area contributed by atoms with E-state index in [1.165, 1.54) is 29.5 Å². The van der Waals surface area contributed by atoms with E-state index in [4.69, 9.17) is 16.3 Å². The molecule has 0 bridgehead atoms. The Kier molecular flexibility index (Phi) is 6.04. The van der Waals surface area contributed by atoms with Crippen molar-refractivity contribution >= 4 is 61.2 Å². The van der Waals surface area contributed by atoms with Crippen LogP contribution in [0.5, 0.6) is 0 Å². The van der Waals surface area contributed by atoms with Gasteiger partial charge in [-0.2, -0.15) is 5.26 Å². The first-order valence-corrected chi connectivity index (χ1v) is 11.4. The molecule has 0 unspecified atom stereocenters. The maximum absolute atomic E-state index is 13.4. The van der Waals surface area contributed by atoms with Crippen molar-refractivity contribution in [2.75, 3.05) is 11.9 Å². The van der Waals surface area contributed by atoms with E-state index in [2.05, 4.69) is 11.4 Å². The molecule has 0 atom stereocenters. The van der Waals surface area contributed by atoms with Crippen molar-refractivity contribution in [3.63, 3.8) is 0 Å². The Balaban J connectivity index is 1.44. The number of hydrogen-bond acceptors (Lipinski definition) is 6. The average Bonchev–Trinajstić information content (AvgIpc) is 3.12. The quantitative estimate of drug-likeness (QED) is 0.399. The Morgan fingerprint density at radius 2 is 2.03 bits per heavy atom. The van der Waals surface area contributed by atoms with Crippen molar-refractivity contribution in [3.05, 3.63) is 49.9 Å². The predicted octanol–water partition coefficient (Wildman–Crippen LogP) is 5.69. The number of rotatable bonds is 4. The number of amides is 1. The lowest BCUT2D eigenvalue weighted by Gasteiger charge is -2.05. The lowest BCUT2D eigenvalue weighted by Crippen LogP contribution is -2.20. The van der Waals surface area contributed by atoms with Crippen molar-refractivity contribution in [2.24, 2.45) is 0 Å². The maximum Gasteiger partial charge on any atom is 0.350 e. The number of halogens is 2. The van der Waals surface area contributed by atoms with Crippen molar-refractivity contribution in [3.8, 4) is 6.07 Å². The SMILES string of the molecule is N#Cc1c(NC(=O)COC(=O)c2sc3cc(F)ccc3c2Cl)sc2c1CCCCC2. The van der Waals surface area contributed by atoms with E-state index in [-0.39, 0.29) is 9.90 Å². The molecule has 0 fully saturated rings. The van der Waals surface area contributed by atoms with Gasteiger partial charge in [-0.3, -0.25) is 4.79 Å². The average molecular weight is 463 g/mol. The molecule has 0 spiro atoms. The molecule has 0 radical (unpaired) electrons. The molecule has 9 heteroatoms. The number of anilines is 1. The predicted molar refractivity (Wildman–Crippen MR) is 116 cm³/mol. The summed E-state index contributed by atoms with van der Waals surface area (Å²) in [6.45, 7) is -0.509. The smallest absolute Gasteiger partial charge is 0.350 e. The van der Waals surface area contributed by atoms with E-state index < -0.39 is 24.3 Å². The van der Waals surface area contributed by atoms with E-state index in [1.54, 1.807) is 0 Å². The number of hydrogen-bond donors (Lipinski definition) is 1. The van der Waals surface area contributed by atoms with E-state index in [9.17, 15) is 19.2 Å². The van der Waals surface area contributed by atoms with Gasteiger partial charge in [-0.1, -0.05) is 18.0 Å². The molecule has 1 amide bonds. The molecule has 1 aromatic carbocycles. The summed E-state index contributed by atoms with van der Waals surface area (Å²) in [5, 5.41) is 13.5. The third kappa shape index (κ3) is 4.06. The highest BCUT2D eigenvalue weighted by atomic mass is 35.5. The van der Waals surface area contributed by atoms with Gasteiger partial charge in [0.2, 0.25) is 0 Å². The molecule has 2 heterocycles. The molecule has 1 aliphatic carbocycles. The molecular formula is C21H16ClFN2O3S2. The van der Waals surface area contributed by atoms with Gasteiger partial charge in [-0.15, -0.1) is 22.7 Å². The van der Waals surface area contributed by atoms with Crippen molar-refractivity contribution in [1.82, 2.24) is 0 Å². The van der Waals surface area contributed by atoms with Gasteiger partial charge in [-0.05, 0) is 49.4 Å². The van der Waals surface area contributed by atoms with E-state index in [1.807, 2.05) is 0 Å². The fourth-order valence-electron chi connectivity index (χ4n) is 3.48. The number of carbonyl (C=O) groups is 2. The fourth-order valence-corrected chi connectivity index (χ4v) is 6.16. The second kappa shape index (κ2) is 8.72. The molecule has 0 saturated heterocycles. The number of nitrogens with one attached hydrogen (secondary N) is 1. The van der Waals surface area contributed by atoms with E-state index >= 15 is 0 Å². The third-order valence-electron chi connectivity index (χ3n) is 4.90. The van der Waals surface area contributed by atoms with Gasteiger partial charge in [0, 0.05) is 15.0 Å². The number of nitriles is 1. The number of nitrogens with zero attached hydrogens (tertiary/aromatic N) is 1. The molecule has 4 rings (SSSR count). The first kappa shape index (κ1) is 20.8. The standard InChI is InChI=1S/C21H16ClFN2O3S2/c22-18-13-7-6-11(23)8-16(13)29-19(18)21(27)28-10-17(26)25-20-14(9-24)12-4-2-1-3-5-15(12)30-20/h6-8H,1-5,10H2,(H,25,26). The van der Waals surface area contributed by atoms with Crippen LogP contribution in [-0.2, 0) is 22.4 Å². The number of aryl methyl sites for hydroxylation is 1. The zero-order valence-electron chi connectivity index (χ0n) is 15.7. The van der Waals surface area contributed by atoms with Gasteiger partial charge < -0.3 is 10.1 Å². The first-order chi connectivity index (χ1) is 14.5. The van der Waals surface area contributed by atoms with Crippen LogP contribution in [0.25, 0.3) is 10.1 Å². The lowest BCUT2D eigenvalue weighted by molar-refractivity contribution is -0.119. The highest BCUT2D eigenvalue weighted by Crippen LogP contribution is 2.37. The van der Waals surface area contributed by atoms with Crippen LogP contribution in [0.4, 0.5) is 9.39 Å². The van der Waals surface area contributed by atoms with Gasteiger partial charge in [0.1, 0.15) is 21.8 Å². The summed E-state index contributed by atoms with van der Waals surface area (Å²) < 4.78 is 19.0. The molecule has 30 heavy (non-hydrogen) atoms. The maximum atomic E-state index is 13.4. The fraction of sp³-hybridized carbons (Fsp3) is 0.286. The summed E-state index contributed by atoms with van der Waals surface area (Å²) in [4.78, 5) is 26.0. The third-order valence-corrected chi connectivity index (χ3v) is 7.74. The van der Waals surface area contributed by atoms with Gasteiger partial charge >= 0.3 is 5.97 Å². The molecule has 5 nitrogen and oxygen atoms in total. The van der Waals surface area contributed by atoms with Crippen LogP contribution in [0.2, 0.25) is 5.02 Å². The van der Waals surface area contributed by atoms with Gasteiger partial charge in [-0.25, -0.2) is 9.18 Å². The largest absolute Gasteiger partial charge is 0.451 e. The highest BCUT2D eigenvalue weighted by Gasteiger charge is 2.23. The number of fused-ring (bicyclic) bond motifs is 2. The minimum Gasteiger partial charge on any atom is -0.451 e. The summed E-state index contributed by atoms with van der Waals surface area (Å²) in [6.07, 6.45) is 4.98. The summed E-state index contributed by atoms with van der Waals surface area (Å²) in [5.74, 6) is -1.71. The van der Waals surface area contributed by atoms with Gasteiger partial charge in [0.05, 0.1) is 10.6 Å². The van der Waals surface area contributed by atoms with Crippen LogP contribution in [-0.4, -0.2) is 18.5 Å². The zero-order chi connectivity index (χ0) is 21.3. The van der Waals surface area contributed by atoms with Gasteiger partial charge in [0.15, 0.2) is 6.61 Å². The van der Waals surface area contributed by atoms with Crippen LogP contribution in [0.3, 0.4) is 0 Å². The minimum absolute atomic E-state index is 0.116. The molecule has 1 N–H and O–H groups in total. The van der Waals surface area contributed by atoms with Crippen LogP contribution < -0.4 is 5.32 Å². The lowest BCUT2D eigenvalue weighted by atomic mass is 10.1. The highest BCUT2D eigenvalue weighted by molar-refractivity contribution is 7.21. The molecule has 1 aliphatic rings. The summed E-state index contributed by atoms with van der Waals surface area (Å²) >= 11 is 8.64. The molecular weight excluding hydrogens is 447 g/mol. The van der Waals surface area contributed by atoms with E-state index in [0.717, 1.165) is 53.9 Å². The molecule has 3 aromatic rings. The van der Waals surface area contributed by atoms with Gasteiger partial charge in [0.25, 0.3) is 5.91 Å². The normalized spacial score (nSPS) is 13.4. The number of benzene rings is 1. The van der Waals surface area contributed by atoms with Crippen LogP contribution in [0, 0.1) is 17.1 Å². The first-order valence-electron chi connectivity index (χ1n) is 9.37. The van der Waals surface area contributed by atoms with Crippen LogP contribution in [0.1, 0.15) is 44.9 Å². The summed E-state index contributed by atoms with van der Waals surface area (Å²) in [6, 6.07) is 6.25. The molecule has 154 valence electrons. The second-order valence-corrected chi connectivity index (χ2v) is 9.43. The number of ether oxygens (including phenoxy) is 1. The topological polar surface area (TPSA) is 79.2 Å². The Morgan fingerprint density at radius 1 is 1.23 bits per heavy atom. The Bertz CT molecular complexity index is 1200. The number of carbonyl (C=O) groups excluding carboxylic acids is 2. The van der Waals surface area contributed by atoms with Crippen molar-refractivity contribution in [1.29, 1.82) is 5.26 Å². The Hall–Kier alpha value is -2.47. The number of thiophene rings is 2. The molecule has 2 aromatic heterocycles. The summed E-state index contributed by atoms with van der Waals surface area (Å²) in [7, 11) is 0. The second-order valence-electron chi connectivity index (χ2n) is 6.89. The van der Waals surface area contributed by atoms with Crippen LogP contribution >= 0.6 is 34.3 Å². The Labute approximate surface area is 185 Å². The Morgan fingerprint density at radius 3 is 2.83 bits per heavy atom. The minimum atomic E-state index is -0.751. The summed E-state index contributed by atoms with van der Waals surface area (Å²) in [5.41, 5.74) is 1.53. The molecule has 0 saturated carbocycles. The molecule has 0 aliphatic heterocycles. The zero-order valence-corrected chi connectivity index (χ0v) is 18.1. The monoisotopic (exact) mass is 462 g/mol.